The Kier molecular flexibility index (Phi) is 3.99. The van der Waals surface area contributed by atoms with Gasteiger partial charge in [-0.2, -0.15) is 0 Å². The number of nitrogens with zero attached hydrogens (tertiary/aromatic N) is 1. The topological polar surface area (TPSA) is 40.2 Å². The highest BCUT2D eigenvalue weighted by Crippen LogP contribution is 2.30. The van der Waals surface area contributed by atoms with E-state index in [0.29, 0.717) is 17.7 Å². The number of aromatic nitrogens is 1. The first-order valence-electron chi connectivity index (χ1n) is 7.32. The summed E-state index contributed by atoms with van der Waals surface area (Å²) in [7, 11) is 0. The highest BCUT2D eigenvalue weighted by Gasteiger charge is 2.13. The molecule has 0 spiro atoms. The lowest BCUT2D eigenvalue weighted by atomic mass is 10.1. The maximum Gasteiger partial charge on any atom is 0.121 e. The van der Waals surface area contributed by atoms with Crippen molar-refractivity contribution in [1.29, 1.82) is 0 Å². The van der Waals surface area contributed by atoms with Gasteiger partial charge in [-0.25, -0.2) is 0 Å². The Bertz CT molecular complexity index is 808. The van der Waals surface area contributed by atoms with Crippen LogP contribution in [0.1, 0.15) is 25.5 Å². The number of fused-ring (bicyclic) bond motifs is 1. The molecule has 0 atom stereocenters. The smallest absolute Gasteiger partial charge is 0.121 e. The van der Waals surface area contributed by atoms with Crippen molar-refractivity contribution in [1.82, 2.24) is 4.57 Å². The Morgan fingerprint density at radius 1 is 1.18 bits per heavy atom. The Labute approximate surface area is 135 Å². The first-order chi connectivity index (χ1) is 10.6. The van der Waals surface area contributed by atoms with Gasteiger partial charge in [-0.05, 0) is 38.1 Å². The number of anilines is 1. The average Bonchev–Trinajstić information content (AvgIpc) is 2.86. The lowest BCUT2D eigenvalue weighted by Crippen LogP contribution is -2.00. The lowest BCUT2D eigenvalue weighted by Gasteiger charge is -2.10. The summed E-state index contributed by atoms with van der Waals surface area (Å²) in [6, 6.07) is 13.8. The molecule has 0 fully saturated rings. The second kappa shape index (κ2) is 5.93. The molecule has 3 rings (SSSR count). The van der Waals surface area contributed by atoms with Crippen molar-refractivity contribution in [3.05, 3.63) is 59.2 Å². The normalized spacial score (nSPS) is 11.3. The molecule has 0 aliphatic rings. The zero-order valence-corrected chi connectivity index (χ0v) is 13.5. The Morgan fingerprint density at radius 2 is 1.95 bits per heavy atom. The second-order valence-corrected chi connectivity index (χ2v) is 6.08. The molecule has 0 radical (unpaired) electrons. The van der Waals surface area contributed by atoms with Crippen LogP contribution in [0.15, 0.2) is 48.7 Å². The van der Waals surface area contributed by atoms with E-state index in [1.807, 2.05) is 36.4 Å². The summed E-state index contributed by atoms with van der Waals surface area (Å²) in [6.07, 6.45) is 2.12. The molecule has 2 aromatic carbocycles. The summed E-state index contributed by atoms with van der Waals surface area (Å²) < 4.78 is 8.07. The molecule has 4 heteroatoms. The maximum absolute atomic E-state index is 6.16. The molecular formula is C18H19ClN2O. The van der Waals surface area contributed by atoms with Gasteiger partial charge in [-0.3, -0.25) is 0 Å². The summed E-state index contributed by atoms with van der Waals surface area (Å²) >= 11 is 5.99. The van der Waals surface area contributed by atoms with Gasteiger partial charge < -0.3 is 15.0 Å². The number of ether oxygens (including phenoxy) is 1. The summed E-state index contributed by atoms with van der Waals surface area (Å²) in [5, 5.41) is 1.81. The van der Waals surface area contributed by atoms with Gasteiger partial charge in [0, 0.05) is 28.2 Å². The van der Waals surface area contributed by atoms with E-state index in [-0.39, 0.29) is 0 Å². The monoisotopic (exact) mass is 314 g/mol. The molecule has 2 N–H and O–H groups in total. The quantitative estimate of drug-likeness (QED) is 0.685. The van der Waals surface area contributed by atoms with Crippen molar-refractivity contribution in [3.8, 4) is 5.75 Å². The largest absolute Gasteiger partial charge is 0.489 e. The van der Waals surface area contributed by atoms with E-state index in [1.54, 1.807) is 0 Å². The Morgan fingerprint density at radius 3 is 2.68 bits per heavy atom. The van der Waals surface area contributed by atoms with E-state index >= 15 is 0 Å². The fourth-order valence-electron chi connectivity index (χ4n) is 2.65. The molecule has 0 aliphatic carbocycles. The molecule has 0 amide bonds. The fraction of sp³-hybridized carbons (Fsp3) is 0.222. The van der Waals surface area contributed by atoms with Gasteiger partial charge in [0.05, 0.1) is 11.2 Å². The number of benzene rings is 2. The molecular weight excluding hydrogens is 296 g/mol. The fourth-order valence-corrected chi connectivity index (χ4v) is 2.83. The van der Waals surface area contributed by atoms with E-state index in [1.165, 1.54) is 0 Å². The standard InChI is InChI=1S/C18H19ClN2O/c1-12(2)21-10-13(16-7-4-8-17(20)18(16)21)11-22-15-6-3-5-14(19)9-15/h3-10,12H,11,20H2,1-2H3. The maximum atomic E-state index is 6.16. The van der Waals surface area contributed by atoms with Gasteiger partial charge in [0.2, 0.25) is 0 Å². The van der Waals surface area contributed by atoms with Crippen LogP contribution < -0.4 is 10.5 Å². The number of nitrogen functional groups attached to an aromatic ring is 1. The van der Waals surface area contributed by atoms with Crippen LogP contribution in [-0.4, -0.2) is 4.57 Å². The molecule has 0 unspecified atom stereocenters. The molecule has 0 saturated heterocycles. The van der Waals surface area contributed by atoms with Gasteiger partial charge in [0.25, 0.3) is 0 Å². The third-order valence-corrected chi connectivity index (χ3v) is 3.95. The van der Waals surface area contributed by atoms with Gasteiger partial charge >= 0.3 is 0 Å². The Balaban J connectivity index is 1.96. The third kappa shape index (κ3) is 2.77. The number of halogens is 1. The van der Waals surface area contributed by atoms with Crippen LogP contribution in [0.25, 0.3) is 10.9 Å². The van der Waals surface area contributed by atoms with Crippen molar-refractivity contribution in [2.75, 3.05) is 5.73 Å². The van der Waals surface area contributed by atoms with E-state index in [4.69, 9.17) is 22.1 Å². The van der Waals surface area contributed by atoms with Crippen LogP contribution in [0.3, 0.4) is 0 Å². The van der Waals surface area contributed by atoms with Crippen molar-refractivity contribution in [3.63, 3.8) is 0 Å². The zero-order chi connectivity index (χ0) is 15.7. The van der Waals surface area contributed by atoms with E-state index in [0.717, 1.165) is 27.9 Å². The van der Waals surface area contributed by atoms with E-state index in [2.05, 4.69) is 30.7 Å². The van der Waals surface area contributed by atoms with Crippen LogP contribution in [0.5, 0.6) is 5.75 Å². The first-order valence-corrected chi connectivity index (χ1v) is 7.70. The molecule has 0 saturated carbocycles. The third-order valence-electron chi connectivity index (χ3n) is 3.71. The van der Waals surface area contributed by atoms with Crippen LogP contribution in [0.2, 0.25) is 5.02 Å². The van der Waals surface area contributed by atoms with Gasteiger partial charge in [0.1, 0.15) is 12.4 Å². The second-order valence-electron chi connectivity index (χ2n) is 5.64. The van der Waals surface area contributed by atoms with Crippen LogP contribution >= 0.6 is 11.6 Å². The molecule has 0 aliphatic heterocycles. The van der Waals surface area contributed by atoms with E-state index < -0.39 is 0 Å². The molecule has 1 heterocycles. The highest BCUT2D eigenvalue weighted by molar-refractivity contribution is 6.30. The molecule has 22 heavy (non-hydrogen) atoms. The van der Waals surface area contributed by atoms with Gasteiger partial charge in [0.15, 0.2) is 0 Å². The molecule has 3 aromatic rings. The predicted molar refractivity (Wildman–Crippen MR) is 92.5 cm³/mol. The Hall–Kier alpha value is -2.13. The summed E-state index contributed by atoms with van der Waals surface area (Å²) in [6.45, 7) is 4.78. The lowest BCUT2D eigenvalue weighted by molar-refractivity contribution is 0.307. The minimum absolute atomic E-state index is 0.340. The van der Waals surface area contributed by atoms with Crippen LogP contribution in [0.4, 0.5) is 5.69 Å². The zero-order valence-electron chi connectivity index (χ0n) is 12.7. The summed E-state index contributed by atoms with van der Waals surface area (Å²) in [5.74, 6) is 0.766. The summed E-state index contributed by atoms with van der Waals surface area (Å²) in [4.78, 5) is 0. The molecule has 3 nitrogen and oxygen atoms in total. The van der Waals surface area contributed by atoms with Crippen molar-refractivity contribution < 1.29 is 4.74 Å². The predicted octanol–water partition coefficient (Wildman–Crippen LogP) is 5.04. The van der Waals surface area contributed by atoms with Gasteiger partial charge in [-0.15, -0.1) is 0 Å². The average molecular weight is 315 g/mol. The minimum Gasteiger partial charge on any atom is -0.489 e. The van der Waals surface area contributed by atoms with E-state index in [9.17, 15) is 0 Å². The molecule has 0 bridgehead atoms. The minimum atomic E-state index is 0.340. The highest BCUT2D eigenvalue weighted by atomic mass is 35.5. The number of nitrogens with two attached hydrogens (primary N) is 1. The number of hydrogen-bond donors (Lipinski definition) is 1. The van der Waals surface area contributed by atoms with Crippen molar-refractivity contribution in [2.24, 2.45) is 0 Å². The van der Waals surface area contributed by atoms with Crippen molar-refractivity contribution >= 4 is 28.2 Å². The van der Waals surface area contributed by atoms with Crippen LogP contribution in [-0.2, 0) is 6.61 Å². The number of rotatable bonds is 4. The SMILES string of the molecule is CC(C)n1cc(COc2cccc(Cl)c2)c2cccc(N)c21. The molecule has 114 valence electrons. The molecule has 1 aromatic heterocycles. The van der Waals surface area contributed by atoms with Crippen molar-refractivity contribution in [2.45, 2.75) is 26.5 Å². The van der Waals surface area contributed by atoms with Crippen LogP contribution in [0, 0.1) is 0 Å². The van der Waals surface area contributed by atoms with Gasteiger partial charge in [-0.1, -0.05) is 29.8 Å². The number of para-hydroxylation sites is 1. The first kappa shape index (κ1) is 14.8. The summed E-state index contributed by atoms with van der Waals surface area (Å²) in [5.41, 5.74) is 9.14. The number of hydrogen-bond acceptors (Lipinski definition) is 2.